The molecule has 0 saturated heterocycles. The molecule has 0 saturated carbocycles. The smallest absolute Gasteiger partial charge is 0.326 e. The fraction of sp³-hybridized carbons (Fsp3) is 0.407. The number of likely N-dealkylation sites (N-methyl/N-ethyl adjacent to an activating group) is 1. The number of phenolic OH excluding ortho intramolecular Hbond substituents is 2. The number of aromatic hydroxyl groups is 2. The van der Waals surface area contributed by atoms with E-state index in [1.807, 2.05) is 12.1 Å². The summed E-state index contributed by atoms with van der Waals surface area (Å²) in [7, 11) is 1.38. The van der Waals surface area contributed by atoms with Crippen molar-refractivity contribution in [2.24, 2.45) is 0 Å². The normalized spacial score (nSPS) is 16.4. The number of quaternary nitrogens is 1. The molecule has 5 aromatic rings. The number of carbonyl (C=O) groups excluding carboxylic acids is 5. The molecule has 0 unspecified atom stereocenters. The topological polar surface area (TPSA) is 242 Å². The van der Waals surface area contributed by atoms with Gasteiger partial charge in [-0.1, -0.05) is 94.0 Å². The Kier molecular flexibility index (Phi) is 18.9. The minimum absolute atomic E-state index is 0.0109. The molecule has 4 atom stereocenters. The molecule has 0 spiro atoms. The van der Waals surface area contributed by atoms with Gasteiger partial charge < -0.3 is 47.2 Å². The molecule has 4 aromatic carbocycles. The van der Waals surface area contributed by atoms with Gasteiger partial charge in [0, 0.05) is 42.3 Å². The number of fused-ring (bicyclic) bond motifs is 6. The van der Waals surface area contributed by atoms with Crippen LogP contribution in [0.25, 0.3) is 32.3 Å². The lowest BCUT2D eigenvalue weighted by atomic mass is 9.93. The number of carboxylic acids is 1. The second-order valence-electron chi connectivity index (χ2n) is 18.2. The van der Waals surface area contributed by atoms with Crippen LogP contribution in [0.5, 0.6) is 11.5 Å². The lowest BCUT2D eigenvalue weighted by molar-refractivity contribution is -0.368. The van der Waals surface area contributed by atoms with Gasteiger partial charge in [-0.15, -0.1) is 11.3 Å². The van der Waals surface area contributed by atoms with Crippen LogP contribution in [0.2, 0.25) is 0 Å². The zero-order chi connectivity index (χ0) is 50.3. The summed E-state index contributed by atoms with van der Waals surface area (Å²) in [4.78, 5) is 82.7. The zero-order valence-electron chi connectivity index (χ0n) is 40.4. The van der Waals surface area contributed by atoms with Crippen molar-refractivity contribution in [3.8, 4) is 33.8 Å². The maximum Gasteiger partial charge on any atom is 0.326 e. The predicted octanol–water partition coefficient (Wildman–Crippen LogP) is 6.79. The first-order valence-electron chi connectivity index (χ1n) is 24.4. The monoisotopic (exact) mass is 975 g/mol. The SMILES string of the molecule is CCCCCCCCCc1ccc(-c2ccc3cc(C(=O)NCCC(=O)N[C@@H](CCCC[NH3+])C(=O)N(C)[C@@H]4C(=O)N[C@@H](C)C(=O)N[C@H](C(=O)O)Cc5ccc(O)c(c5)-c5cc4ccc5O)sc3c2)cc1. The number of rotatable bonds is 21. The lowest BCUT2D eigenvalue weighted by Gasteiger charge is -2.32. The second-order valence-corrected chi connectivity index (χ2v) is 19.3. The molecule has 0 fully saturated rings. The van der Waals surface area contributed by atoms with Crippen LogP contribution in [-0.4, -0.2) is 94.0 Å². The Bertz CT molecular complexity index is 2650. The molecular weight excluding hydrogens is 909 g/mol. The van der Waals surface area contributed by atoms with Crippen LogP contribution in [0.3, 0.4) is 0 Å². The average Bonchev–Trinajstić information content (AvgIpc) is 3.78. The summed E-state index contributed by atoms with van der Waals surface area (Å²) in [6.45, 7) is 4.19. The van der Waals surface area contributed by atoms with Crippen LogP contribution in [-0.2, 0) is 36.8 Å². The van der Waals surface area contributed by atoms with Crippen molar-refractivity contribution in [1.29, 1.82) is 0 Å². The highest BCUT2D eigenvalue weighted by atomic mass is 32.1. The van der Waals surface area contributed by atoms with Gasteiger partial charge in [-0.25, -0.2) is 4.79 Å². The van der Waals surface area contributed by atoms with Crippen molar-refractivity contribution in [2.75, 3.05) is 20.1 Å². The van der Waals surface area contributed by atoms with Gasteiger partial charge in [-0.3, -0.25) is 24.0 Å². The summed E-state index contributed by atoms with van der Waals surface area (Å²) in [5.74, 6) is -4.89. The first-order valence-corrected chi connectivity index (χ1v) is 25.2. The third-order valence-electron chi connectivity index (χ3n) is 12.8. The van der Waals surface area contributed by atoms with E-state index in [0.717, 1.165) is 32.5 Å². The van der Waals surface area contributed by atoms with E-state index in [9.17, 15) is 44.1 Å². The Morgan fingerprint density at radius 3 is 2.20 bits per heavy atom. The maximum absolute atomic E-state index is 14.5. The van der Waals surface area contributed by atoms with Crippen molar-refractivity contribution in [3.63, 3.8) is 0 Å². The molecule has 0 aliphatic carbocycles. The Morgan fingerprint density at radius 1 is 0.800 bits per heavy atom. The van der Waals surface area contributed by atoms with Crippen molar-refractivity contribution < 1.29 is 49.8 Å². The number of benzene rings is 4. The second kappa shape index (κ2) is 25.2. The Labute approximate surface area is 413 Å². The van der Waals surface area contributed by atoms with E-state index in [1.54, 1.807) is 0 Å². The van der Waals surface area contributed by atoms with Gasteiger partial charge in [-0.05, 0) is 109 Å². The average molecular weight is 976 g/mol. The number of hydrogen-bond acceptors (Lipinski definition) is 9. The Morgan fingerprint density at radius 2 is 1.49 bits per heavy atom. The number of thiophene rings is 1. The number of hydrogen-bond donors (Lipinski definition) is 8. The largest absolute Gasteiger partial charge is 0.507 e. The van der Waals surface area contributed by atoms with Crippen LogP contribution >= 0.6 is 11.3 Å². The summed E-state index contributed by atoms with van der Waals surface area (Å²) in [5, 5.41) is 43.5. The fourth-order valence-electron chi connectivity index (χ4n) is 8.78. The molecule has 15 nitrogen and oxygen atoms in total. The van der Waals surface area contributed by atoms with E-state index in [-0.39, 0.29) is 59.9 Å². The van der Waals surface area contributed by atoms with E-state index >= 15 is 0 Å². The van der Waals surface area contributed by atoms with E-state index in [0.29, 0.717) is 29.8 Å². The van der Waals surface area contributed by atoms with Gasteiger partial charge in [0.2, 0.25) is 23.6 Å². The van der Waals surface area contributed by atoms with Gasteiger partial charge in [0.1, 0.15) is 35.7 Å². The van der Waals surface area contributed by atoms with Crippen LogP contribution in [0.4, 0.5) is 0 Å². The highest BCUT2D eigenvalue weighted by molar-refractivity contribution is 7.20. The summed E-state index contributed by atoms with van der Waals surface area (Å²) < 4.78 is 0.960. The first kappa shape index (κ1) is 52.6. The van der Waals surface area contributed by atoms with Gasteiger partial charge >= 0.3 is 5.97 Å². The maximum atomic E-state index is 14.5. The molecule has 1 aliphatic heterocycles. The van der Waals surface area contributed by atoms with Gasteiger partial charge in [-0.2, -0.15) is 0 Å². The summed E-state index contributed by atoms with van der Waals surface area (Å²) in [6, 6.07) is 20.0. The summed E-state index contributed by atoms with van der Waals surface area (Å²) in [6.07, 6.45) is 11.1. The van der Waals surface area contributed by atoms with E-state index < -0.39 is 53.8 Å². The minimum Gasteiger partial charge on any atom is -0.507 e. The summed E-state index contributed by atoms with van der Waals surface area (Å²) in [5.41, 5.74) is 8.26. The molecule has 16 heteroatoms. The Hall–Kier alpha value is -6.78. The fourth-order valence-corrected chi connectivity index (χ4v) is 9.80. The molecule has 372 valence electrons. The number of aryl methyl sites for hydroxylation is 1. The number of carboxylic acid groups (broad SMARTS) is 1. The number of carbonyl (C=O) groups is 6. The number of aliphatic carboxylic acids is 1. The lowest BCUT2D eigenvalue weighted by Crippen LogP contribution is -2.55. The van der Waals surface area contributed by atoms with Gasteiger partial charge in [0.25, 0.3) is 5.91 Å². The molecule has 0 radical (unpaired) electrons. The molecule has 1 aromatic heterocycles. The van der Waals surface area contributed by atoms with Crippen LogP contribution < -0.4 is 27.0 Å². The zero-order valence-corrected chi connectivity index (χ0v) is 41.2. The molecule has 1 aliphatic rings. The number of nitrogens with zero attached hydrogens (tertiary/aromatic N) is 1. The molecule has 5 amide bonds. The predicted molar refractivity (Wildman–Crippen MR) is 271 cm³/mol. The van der Waals surface area contributed by atoms with Gasteiger partial charge in [0.05, 0.1) is 11.4 Å². The van der Waals surface area contributed by atoms with Crippen molar-refractivity contribution in [2.45, 2.75) is 121 Å². The van der Waals surface area contributed by atoms with Gasteiger partial charge in [0.15, 0.2) is 0 Å². The molecule has 4 bridgehead atoms. The highest BCUT2D eigenvalue weighted by Crippen LogP contribution is 2.39. The van der Waals surface area contributed by atoms with Crippen LogP contribution in [0.15, 0.2) is 84.9 Å². The van der Waals surface area contributed by atoms with E-state index in [2.05, 4.69) is 70.3 Å². The standard InChI is InChI=1S/C54H66N6O9S/c1-4-5-6-7-8-9-10-13-34-15-18-36(19-16-34)37-20-21-38-32-47(70-46(38)31-37)51(65)56-27-25-48(63)58-42(14-11-12-26-55)53(67)60(3)49-39-22-24-45(62)41(30-39)40-28-35(17-23-44(40)61)29-43(54(68)69)59-50(64)33(2)57-52(49)66/h15-24,28,30-33,42-43,49,61-62H,4-14,25-27,29,55H2,1-3H3,(H,56,65)(H,57,66)(H,58,63)(H,59,64)(H,68,69)/p+1/t33-,42-,43-,49-/m0/s1. The third-order valence-corrected chi connectivity index (χ3v) is 13.9. The van der Waals surface area contributed by atoms with Crippen LogP contribution in [0, 0.1) is 0 Å². The number of phenols is 2. The third kappa shape index (κ3) is 13.9. The van der Waals surface area contributed by atoms with E-state index in [1.165, 1.54) is 112 Å². The quantitative estimate of drug-likeness (QED) is 0.0361. The van der Waals surface area contributed by atoms with Crippen molar-refractivity contribution in [1.82, 2.24) is 26.2 Å². The number of nitrogens with one attached hydrogen (secondary N) is 4. The molecular formula is C54H67N6O9S+. The Balaban J connectivity index is 1.12. The highest BCUT2D eigenvalue weighted by Gasteiger charge is 2.36. The molecule has 6 rings (SSSR count). The number of unbranched alkanes of at least 4 members (excludes halogenated alkanes) is 7. The first-order chi connectivity index (χ1) is 33.7. The van der Waals surface area contributed by atoms with Crippen LogP contribution in [0.1, 0.15) is 117 Å². The molecule has 70 heavy (non-hydrogen) atoms. The molecule has 2 heterocycles. The van der Waals surface area contributed by atoms with E-state index in [4.69, 9.17) is 0 Å². The molecule has 10 N–H and O–H groups in total. The summed E-state index contributed by atoms with van der Waals surface area (Å²) >= 11 is 1.37. The van der Waals surface area contributed by atoms with Crippen molar-refractivity contribution >= 4 is 56.9 Å². The number of amides is 5. The minimum atomic E-state index is -1.43. The van der Waals surface area contributed by atoms with Crippen molar-refractivity contribution in [3.05, 3.63) is 106 Å².